The molecule has 0 aromatic heterocycles. The summed E-state index contributed by atoms with van der Waals surface area (Å²) < 4.78 is 0. The number of imide groups is 1. The number of hydrogen-bond acceptors (Lipinski definition) is 3. The molecule has 2 amide bonds. The number of piperidine rings is 1. The van der Waals surface area contributed by atoms with Gasteiger partial charge in [0.25, 0.3) is 5.91 Å². The molecule has 1 aromatic rings. The molecule has 1 aromatic carbocycles. The molecule has 1 unspecified atom stereocenters. The monoisotopic (exact) mass is 272 g/mol. The third-order valence-electron chi connectivity index (χ3n) is 4.25. The highest BCUT2D eigenvalue weighted by molar-refractivity contribution is 6.09. The maximum absolute atomic E-state index is 12.4. The Morgan fingerprint density at radius 2 is 2.05 bits per heavy atom. The van der Waals surface area contributed by atoms with Crippen molar-refractivity contribution in [2.75, 3.05) is 13.1 Å². The first kappa shape index (κ1) is 13.3. The van der Waals surface area contributed by atoms with E-state index in [0.717, 1.165) is 24.9 Å². The third kappa shape index (κ3) is 2.61. The van der Waals surface area contributed by atoms with Crippen LogP contribution in [0.2, 0.25) is 0 Å². The summed E-state index contributed by atoms with van der Waals surface area (Å²) in [5.74, 6) is -0.197. The Balaban J connectivity index is 1.67. The maximum Gasteiger partial charge on any atom is 0.260 e. The van der Waals surface area contributed by atoms with Crippen LogP contribution in [0.25, 0.3) is 0 Å². The molecule has 4 heteroatoms. The fourth-order valence-corrected chi connectivity index (χ4v) is 3.08. The molecule has 3 rings (SSSR count). The van der Waals surface area contributed by atoms with E-state index in [0.29, 0.717) is 24.6 Å². The number of rotatable bonds is 3. The van der Waals surface area contributed by atoms with Crippen LogP contribution in [-0.2, 0) is 11.2 Å². The van der Waals surface area contributed by atoms with E-state index >= 15 is 0 Å². The smallest absolute Gasteiger partial charge is 0.260 e. The summed E-state index contributed by atoms with van der Waals surface area (Å²) in [5, 5.41) is 3.46. The first-order valence-corrected chi connectivity index (χ1v) is 7.41. The maximum atomic E-state index is 12.4. The highest BCUT2D eigenvalue weighted by atomic mass is 16.2. The second-order valence-corrected chi connectivity index (χ2v) is 5.62. The molecule has 0 spiro atoms. The molecule has 2 aliphatic heterocycles. The summed E-state index contributed by atoms with van der Waals surface area (Å²) in [6.45, 7) is 1.58. The molecule has 0 saturated carbocycles. The largest absolute Gasteiger partial charge is 0.314 e. The third-order valence-corrected chi connectivity index (χ3v) is 4.25. The van der Waals surface area contributed by atoms with E-state index in [1.54, 1.807) is 0 Å². The van der Waals surface area contributed by atoms with Gasteiger partial charge in [0.05, 0.1) is 6.42 Å². The number of amides is 2. The van der Waals surface area contributed by atoms with Crippen LogP contribution in [0.5, 0.6) is 0 Å². The molecule has 0 bridgehead atoms. The molecule has 0 radical (unpaired) electrons. The minimum atomic E-state index is -0.132. The summed E-state index contributed by atoms with van der Waals surface area (Å²) in [5.41, 5.74) is 1.54. The van der Waals surface area contributed by atoms with Gasteiger partial charge < -0.3 is 5.32 Å². The lowest BCUT2D eigenvalue weighted by Crippen LogP contribution is -2.45. The van der Waals surface area contributed by atoms with E-state index in [-0.39, 0.29) is 11.8 Å². The fourth-order valence-electron chi connectivity index (χ4n) is 3.08. The summed E-state index contributed by atoms with van der Waals surface area (Å²) >= 11 is 0. The van der Waals surface area contributed by atoms with Crippen molar-refractivity contribution in [2.45, 2.75) is 38.1 Å². The summed E-state index contributed by atoms with van der Waals surface area (Å²) in [7, 11) is 0. The first-order valence-electron chi connectivity index (χ1n) is 7.41. The molecule has 2 heterocycles. The topological polar surface area (TPSA) is 49.4 Å². The number of fused-ring (bicyclic) bond motifs is 1. The van der Waals surface area contributed by atoms with Crippen molar-refractivity contribution in [3.8, 4) is 0 Å². The Kier molecular flexibility index (Phi) is 3.83. The molecule has 4 nitrogen and oxygen atoms in total. The van der Waals surface area contributed by atoms with Crippen LogP contribution in [0, 0.1) is 0 Å². The van der Waals surface area contributed by atoms with Crippen molar-refractivity contribution in [1.29, 1.82) is 0 Å². The van der Waals surface area contributed by atoms with Crippen molar-refractivity contribution in [1.82, 2.24) is 10.2 Å². The van der Waals surface area contributed by atoms with E-state index in [9.17, 15) is 9.59 Å². The van der Waals surface area contributed by atoms with Gasteiger partial charge in [0.1, 0.15) is 0 Å². The van der Waals surface area contributed by atoms with Crippen LogP contribution in [0.15, 0.2) is 24.3 Å². The summed E-state index contributed by atoms with van der Waals surface area (Å²) in [6, 6.07) is 7.86. The van der Waals surface area contributed by atoms with E-state index in [1.807, 2.05) is 24.3 Å². The molecule has 2 aliphatic rings. The van der Waals surface area contributed by atoms with Crippen LogP contribution in [0.1, 0.15) is 41.6 Å². The minimum Gasteiger partial charge on any atom is -0.314 e. The zero-order valence-electron chi connectivity index (χ0n) is 11.6. The van der Waals surface area contributed by atoms with E-state index in [4.69, 9.17) is 0 Å². The average molecular weight is 272 g/mol. The fraction of sp³-hybridized carbons (Fsp3) is 0.500. The van der Waals surface area contributed by atoms with E-state index < -0.39 is 0 Å². The molecule has 20 heavy (non-hydrogen) atoms. The van der Waals surface area contributed by atoms with Gasteiger partial charge in [-0.2, -0.15) is 0 Å². The first-order chi connectivity index (χ1) is 9.75. The molecule has 106 valence electrons. The van der Waals surface area contributed by atoms with Crippen LogP contribution < -0.4 is 5.32 Å². The molecule has 1 fully saturated rings. The quantitative estimate of drug-likeness (QED) is 0.853. The number of benzene rings is 1. The van der Waals surface area contributed by atoms with Crippen LogP contribution in [0.3, 0.4) is 0 Å². The highest BCUT2D eigenvalue weighted by Crippen LogP contribution is 2.20. The van der Waals surface area contributed by atoms with Crippen LogP contribution in [-0.4, -0.2) is 35.8 Å². The highest BCUT2D eigenvalue weighted by Gasteiger charge is 2.30. The molecule has 1 N–H and O–H groups in total. The molecular weight excluding hydrogens is 252 g/mol. The normalized spacial score (nSPS) is 22.8. The zero-order valence-corrected chi connectivity index (χ0v) is 11.6. The van der Waals surface area contributed by atoms with E-state index in [2.05, 4.69) is 5.32 Å². The lowest BCUT2D eigenvalue weighted by Gasteiger charge is -2.29. The Hall–Kier alpha value is -1.68. The summed E-state index contributed by atoms with van der Waals surface area (Å²) in [4.78, 5) is 25.9. The summed E-state index contributed by atoms with van der Waals surface area (Å²) in [6.07, 6.45) is 4.82. The van der Waals surface area contributed by atoms with Crippen molar-refractivity contribution in [2.24, 2.45) is 0 Å². The number of carbonyl (C=O) groups excluding carboxylic acids is 2. The number of carbonyl (C=O) groups is 2. The van der Waals surface area contributed by atoms with Gasteiger partial charge in [0.2, 0.25) is 5.91 Å². The van der Waals surface area contributed by atoms with Gasteiger partial charge in [-0.25, -0.2) is 0 Å². The lowest BCUT2D eigenvalue weighted by atomic mass is 9.97. The van der Waals surface area contributed by atoms with Crippen molar-refractivity contribution >= 4 is 11.8 Å². The SMILES string of the molecule is O=C1Cc2ccccc2C(=O)N1CCC1CCCCN1. The zero-order chi connectivity index (χ0) is 13.9. The van der Waals surface area contributed by atoms with Crippen molar-refractivity contribution < 1.29 is 9.59 Å². The minimum absolute atomic E-state index is 0.0653. The number of nitrogens with zero attached hydrogens (tertiary/aromatic N) is 1. The van der Waals surface area contributed by atoms with Gasteiger partial charge in [-0.1, -0.05) is 24.6 Å². The van der Waals surface area contributed by atoms with Gasteiger partial charge in [0, 0.05) is 18.2 Å². The Labute approximate surface area is 119 Å². The van der Waals surface area contributed by atoms with Gasteiger partial charge in [0.15, 0.2) is 0 Å². The van der Waals surface area contributed by atoms with Gasteiger partial charge in [-0.05, 0) is 37.4 Å². The van der Waals surface area contributed by atoms with E-state index in [1.165, 1.54) is 17.7 Å². The number of hydrogen-bond donors (Lipinski definition) is 1. The second kappa shape index (κ2) is 5.75. The molecule has 1 atom stereocenters. The van der Waals surface area contributed by atoms with Gasteiger partial charge >= 0.3 is 0 Å². The van der Waals surface area contributed by atoms with Crippen LogP contribution >= 0.6 is 0 Å². The Morgan fingerprint density at radius 1 is 1.20 bits per heavy atom. The predicted molar refractivity (Wildman–Crippen MR) is 76.4 cm³/mol. The number of nitrogens with one attached hydrogen (secondary N) is 1. The average Bonchev–Trinajstić information content (AvgIpc) is 2.48. The Morgan fingerprint density at radius 3 is 2.85 bits per heavy atom. The van der Waals surface area contributed by atoms with Crippen molar-refractivity contribution in [3.63, 3.8) is 0 Å². The predicted octanol–water partition coefficient (Wildman–Crippen LogP) is 1.74. The molecule has 1 saturated heterocycles. The van der Waals surface area contributed by atoms with Crippen molar-refractivity contribution in [3.05, 3.63) is 35.4 Å². The van der Waals surface area contributed by atoms with Crippen LogP contribution in [0.4, 0.5) is 0 Å². The van der Waals surface area contributed by atoms with Gasteiger partial charge in [-0.15, -0.1) is 0 Å². The molecular formula is C16H20N2O2. The standard InChI is InChI=1S/C16H20N2O2/c19-15-11-12-5-1-2-7-14(12)16(20)18(15)10-8-13-6-3-4-9-17-13/h1-2,5,7,13,17H,3-4,6,8-11H2. The Bertz CT molecular complexity index is 521. The van der Waals surface area contributed by atoms with Gasteiger partial charge in [-0.3, -0.25) is 14.5 Å². The lowest BCUT2D eigenvalue weighted by molar-refractivity contribution is -0.128. The molecule has 0 aliphatic carbocycles. The second-order valence-electron chi connectivity index (χ2n) is 5.62.